The van der Waals surface area contributed by atoms with E-state index in [9.17, 15) is 20.1 Å². The Kier molecular flexibility index (Phi) is 8.03. The van der Waals surface area contributed by atoms with Gasteiger partial charge in [-0.25, -0.2) is 14.4 Å². The van der Waals surface area contributed by atoms with Gasteiger partial charge in [0.15, 0.2) is 5.72 Å². The van der Waals surface area contributed by atoms with Gasteiger partial charge in [-0.05, 0) is 81.2 Å². The molecule has 8 nitrogen and oxygen atoms in total. The number of amides is 1. The maximum atomic E-state index is 16.7. The fourth-order valence-electron chi connectivity index (χ4n) is 6.45. The van der Waals surface area contributed by atoms with Gasteiger partial charge >= 0.3 is 0 Å². The number of rotatable bonds is 9. The summed E-state index contributed by atoms with van der Waals surface area (Å²) in [7, 11) is 0. The number of carbonyl (C=O) groups excluding carboxylic acids is 1. The third-order valence-corrected chi connectivity index (χ3v) is 9.90. The molecule has 2 heterocycles. The largest absolute Gasteiger partial charge is 0.396 e. The number of carbonyl (C=O) groups is 1. The highest BCUT2D eigenvalue weighted by atomic mass is 35.5. The monoisotopic (exact) mass is 629 g/mol. The summed E-state index contributed by atoms with van der Waals surface area (Å²) in [5.74, 6) is -1.18. The fourth-order valence-corrected chi connectivity index (χ4v) is 6.67. The second-order valence-electron chi connectivity index (χ2n) is 12.3. The van der Waals surface area contributed by atoms with E-state index in [1.807, 2.05) is 0 Å². The van der Waals surface area contributed by atoms with Crippen LogP contribution in [0, 0.1) is 17.2 Å². The summed E-state index contributed by atoms with van der Waals surface area (Å²) in [6.45, 7) is 1.47. The number of ether oxygens (including phenoxy) is 1. The Balaban J connectivity index is 1.52. The van der Waals surface area contributed by atoms with E-state index in [0.717, 1.165) is 12.8 Å². The lowest BCUT2D eigenvalue weighted by Crippen LogP contribution is -2.48. The number of aromatic nitrogens is 2. The van der Waals surface area contributed by atoms with E-state index in [1.54, 1.807) is 37.3 Å². The molecule has 0 bridgehead atoms. The van der Waals surface area contributed by atoms with Gasteiger partial charge in [-0.15, -0.1) is 0 Å². The molecule has 1 unspecified atom stereocenters. The Hall–Kier alpha value is -2.66. The molecular formula is C32H34Cl2FN3O5. The topological polar surface area (TPSA) is 116 Å². The Morgan fingerprint density at radius 3 is 2.33 bits per heavy atom. The van der Waals surface area contributed by atoms with Crippen molar-refractivity contribution in [2.45, 2.75) is 69.4 Å². The Morgan fingerprint density at radius 2 is 1.72 bits per heavy atom. The molecule has 2 fully saturated rings. The molecular weight excluding hydrogens is 596 g/mol. The molecule has 3 aromatic rings. The predicted molar refractivity (Wildman–Crippen MR) is 158 cm³/mol. The van der Waals surface area contributed by atoms with Crippen LogP contribution in [0.1, 0.15) is 78.3 Å². The molecule has 228 valence electrons. The van der Waals surface area contributed by atoms with Crippen molar-refractivity contribution in [2.75, 3.05) is 13.2 Å². The van der Waals surface area contributed by atoms with Gasteiger partial charge in [0.1, 0.15) is 11.6 Å². The normalized spacial score (nSPS) is 25.8. The highest BCUT2D eigenvalue weighted by molar-refractivity contribution is 6.30. The third kappa shape index (κ3) is 5.45. The van der Waals surface area contributed by atoms with Gasteiger partial charge in [-0.1, -0.05) is 35.3 Å². The maximum Gasteiger partial charge on any atom is 0.257 e. The second kappa shape index (κ2) is 11.4. The molecule has 3 aliphatic rings. The van der Waals surface area contributed by atoms with Gasteiger partial charge < -0.3 is 20.1 Å². The van der Waals surface area contributed by atoms with E-state index in [0.29, 0.717) is 41.3 Å². The first-order valence-electron chi connectivity index (χ1n) is 14.5. The number of halogens is 3. The van der Waals surface area contributed by atoms with Crippen molar-refractivity contribution in [2.24, 2.45) is 11.3 Å². The zero-order chi connectivity index (χ0) is 30.6. The number of hydrogen-bond donors (Lipinski definition) is 3. The van der Waals surface area contributed by atoms with Crippen LogP contribution in [-0.4, -0.2) is 55.4 Å². The Morgan fingerprint density at radius 1 is 1.07 bits per heavy atom. The van der Waals surface area contributed by atoms with Crippen molar-refractivity contribution in [3.63, 3.8) is 0 Å². The molecule has 0 spiro atoms. The number of hydrogen-bond acceptors (Lipinski definition) is 7. The molecule has 1 amide bonds. The summed E-state index contributed by atoms with van der Waals surface area (Å²) in [5.41, 5.74) is -2.85. The van der Waals surface area contributed by atoms with E-state index in [2.05, 4.69) is 9.97 Å². The van der Waals surface area contributed by atoms with Crippen LogP contribution < -0.4 is 0 Å². The summed E-state index contributed by atoms with van der Waals surface area (Å²) < 4.78 is 23.4. The van der Waals surface area contributed by atoms with Crippen LogP contribution >= 0.6 is 23.2 Å². The molecule has 6 rings (SSSR count). The molecule has 2 aliphatic carbocycles. The lowest BCUT2D eigenvalue weighted by molar-refractivity contribution is -0.131. The minimum atomic E-state index is -1.74. The van der Waals surface area contributed by atoms with Crippen molar-refractivity contribution in [3.8, 4) is 0 Å². The van der Waals surface area contributed by atoms with Crippen molar-refractivity contribution in [1.29, 1.82) is 0 Å². The summed E-state index contributed by atoms with van der Waals surface area (Å²) in [6, 6.07) is 9.52. The standard InChI is InChI=1S/C32H34Cl2FN3O5/c1-30(42,19-4-8-24(40)9-5-19)21-12-25-28(26(35)13-21)32(20-2-6-22(33)7-3-20,43-18-31(17-39)10-11-31)38(29(25)41)16-27-36-14-23(34)15-37-27/h2-3,6-7,12-15,19,24,39-40,42H,4-5,8-11,16-18H2,1H3/t19-,24-,30?,32-/m1/s1. The molecule has 0 radical (unpaired) electrons. The van der Waals surface area contributed by atoms with Crippen molar-refractivity contribution in [1.82, 2.24) is 14.9 Å². The summed E-state index contributed by atoms with van der Waals surface area (Å²) in [6.07, 6.45) is 6.13. The van der Waals surface area contributed by atoms with Crippen molar-refractivity contribution >= 4 is 29.1 Å². The van der Waals surface area contributed by atoms with Gasteiger partial charge in [0, 0.05) is 28.4 Å². The molecule has 0 saturated heterocycles. The highest BCUT2D eigenvalue weighted by Gasteiger charge is 2.57. The van der Waals surface area contributed by atoms with Crippen molar-refractivity contribution < 1.29 is 29.2 Å². The first-order chi connectivity index (χ1) is 20.5. The molecule has 1 aromatic heterocycles. The zero-order valence-electron chi connectivity index (χ0n) is 23.8. The molecule has 3 N–H and O–H groups in total. The fraction of sp³-hybridized carbons (Fsp3) is 0.469. The van der Waals surface area contributed by atoms with Crippen LogP contribution in [0.4, 0.5) is 4.39 Å². The van der Waals surface area contributed by atoms with Crippen LogP contribution in [0.25, 0.3) is 0 Å². The first-order valence-corrected chi connectivity index (χ1v) is 15.3. The second-order valence-corrected chi connectivity index (χ2v) is 13.2. The average Bonchev–Trinajstić information content (AvgIpc) is 3.74. The highest BCUT2D eigenvalue weighted by Crippen LogP contribution is 2.53. The quantitative estimate of drug-likeness (QED) is 0.293. The predicted octanol–water partition coefficient (Wildman–Crippen LogP) is 5.33. The zero-order valence-corrected chi connectivity index (χ0v) is 25.3. The molecule has 2 aromatic carbocycles. The van der Waals surface area contributed by atoms with Gasteiger partial charge in [0.05, 0.1) is 47.6 Å². The van der Waals surface area contributed by atoms with Crippen LogP contribution in [0.5, 0.6) is 0 Å². The smallest absolute Gasteiger partial charge is 0.257 e. The number of fused-ring (bicyclic) bond motifs is 1. The number of nitrogens with zero attached hydrogens (tertiary/aromatic N) is 3. The van der Waals surface area contributed by atoms with E-state index in [4.69, 9.17) is 27.9 Å². The summed E-state index contributed by atoms with van der Waals surface area (Å²) >= 11 is 12.3. The third-order valence-electron chi connectivity index (χ3n) is 9.45. The van der Waals surface area contributed by atoms with Crippen LogP contribution in [0.3, 0.4) is 0 Å². The van der Waals surface area contributed by atoms with E-state index in [1.165, 1.54) is 23.4 Å². The van der Waals surface area contributed by atoms with Gasteiger partial charge in [0.2, 0.25) is 0 Å². The van der Waals surface area contributed by atoms with Gasteiger partial charge in [-0.2, -0.15) is 0 Å². The van der Waals surface area contributed by atoms with Crippen molar-refractivity contribution in [3.05, 3.63) is 92.7 Å². The minimum absolute atomic E-state index is 0.0149. The van der Waals surface area contributed by atoms with E-state index >= 15 is 4.39 Å². The van der Waals surface area contributed by atoms with Crippen LogP contribution in [0.15, 0.2) is 48.8 Å². The van der Waals surface area contributed by atoms with E-state index < -0.39 is 34.6 Å². The van der Waals surface area contributed by atoms with Crippen LogP contribution in [0.2, 0.25) is 10.0 Å². The van der Waals surface area contributed by atoms with Gasteiger partial charge in [-0.3, -0.25) is 9.69 Å². The Bertz CT molecular complexity index is 1510. The average molecular weight is 631 g/mol. The lowest BCUT2D eigenvalue weighted by atomic mass is 9.73. The summed E-state index contributed by atoms with van der Waals surface area (Å²) in [4.78, 5) is 24.4. The number of benzene rings is 2. The van der Waals surface area contributed by atoms with E-state index in [-0.39, 0.29) is 48.2 Å². The molecule has 11 heteroatoms. The molecule has 2 saturated carbocycles. The van der Waals surface area contributed by atoms with Crippen LogP contribution in [-0.2, 0) is 22.6 Å². The summed E-state index contributed by atoms with van der Waals surface area (Å²) in [5, 5.41) is 32.6. The van der Waals surface area contributed by atoms with Gasteiger partial charge in [0.25, 0.3) is 5.91 Å². The number of aliphatic hydroxyl groups is 3. The molecule has 2 atom stereocenters. The Labute approximate surface area is 259 Å². The SMILES string of the molecule is CC(O)(c1cc(F)c2c(c1)C(=O)N(Cc1ncc(Cl)cn1)[C@@]2(OCC1(CO)CC1)c1ccc(Cl)cc1)[C@H]1CC[C@H](O)CC1. The first kappa shape index (κ1) is 30.4. The molecule has 43 heavy (non-hydrogen) atoms. The lowest BCUT2D eigenvalue weighted by Gasteiger charge is -2.40. The minimum Gasteiger partial charge on any atom is -0.396 e. The number of aliphatic hydroxyl groups excluding tert-OH is 2. The maximum absolute atomic E-state index is 16.7. The molecule has 1 aliphatic heterocycles.